The molecule has 0 aliphatic carbocycles. The van der Waals surface area contributed by atoms with Crippen molar-refractivity contribution in [3.05, 3.63) is 35.6 Å². The van der Waals surface area contributed by atoms with Crippen LogP contribution < -0.4 is 20.7 Å². The molecule has 1 aliphatic rings. The lowest BCUT2D eigenvalue weighted by molar-refractivity contribution is 0.214. The second kappa shape index (κ2) is 5.75. The van der Waals surface area contributed by atoms with Gasteiger partial charge in [-0.15, -0.1) is 0 Å². The Morgan fingerprint density at radius 2 is 2.17 bits per heavy atom. The molecule has 3 N–H and O–H groups in total. The van der Waals surface area contributed by atoms with Gasteiger partial charge in [0, 0.05) is 12.0 Å². The molecule has 5 heteroatoms. The van der Waals surface area contributed by atoms with E-state index in [1.54, 1.807) is 14.2 Å². The van der Waals surface area contributed by atoms with Crippen LogP contribution in [0.2, 0.25) is 0 Å². The average molecular weight is 250 g/mol. The zero-order valence-electron chi connectivity index (χ0n) is 10.6. The van der Waals surface area contributed by atoms with E-state index in [1.165, 1.54) is 0 Å². The molecule has 1 atom stereocenters. The minimum Gasteiger partial charge on any atom is -0.496 e. The number of para-hydroxylation sites is 1. The molecular formula is C13H18N2O3. The van der Waals surface area contributed by atoms with Gasteiger partial charge in [0.25, 0.3) is 0 Å². The van der Waals surface area contributed by atoms with Gasteiger partial charge in [0.1, 0.15) is 11.8 Å². The Morgan fingerprint density at radius 3 is 2.72 bits per heavy atom. The molecule has 18 heavy (non-hydrogen) atoms. The highest BCUT2D eigenvalue weighted by molar-refractivity contribution is 5.49. The Kier molecular flexibility index (Phi) is 4.07. The van der Waals surface area contributed by atoms with Crippen LogP contribution >= 0.6 is 0 Å². The fourth-order valence-corrected chi connectivity index (χ4v) is 2.10. The quantitative estimate of drug-likeness (QED) is 0.612. The molecule has 5 nitrogen and oxygen atoms in total. The summed E-state index contributed by atoms with van der Waals surface area (Å²) in [5.41, 5.74) is 3.65. The lowest BCUT2D eigenvalue weighted by Gasteiger charge is -2.21. The van der Waals surface area contributed by atoms with Gasteiger partial charge in [-0.25, -0.2) is 5.43 Å². The van der Waals surface area contributed by atoms with E-state index in [4.69, 9.17) is 20.1 Å². The molecule has 0 saturated carbocycles. The molecule has 0 aromatic heterocycles. The topological polar surface area (TPSA) is 65.7 Å². The Bertz CT molecular complexity index is 446. The van der Waals surface area contributed by atoms with Crippen LogP contribution in [0.25, 0.3) is 0 Å². The first-order valence-corrected chi connectivity index (χ1v) is 5.81. The summed E-state index contributed by atoms with van der Waals surface area (Å²) in [6.45, 7) is 0.694. The molecule has 0 saturated heterocycles. The molecule has 0 spiro atoms. The molecule has 98 valence electrons. The van der Waals surface area contributed by atoms with Crippen molar-refractivity contribution in [2.75, 3.05) is 20.8 Å². The molecule has 1 aromatic carbocycles. The van der Waals surface area contributed by atoms with E-state index in [0.717, 1.165) is 17.7 Å². The van der Waals surface area contributed by atoms with E-state index < -0.39 is 0 Å². The minimum atomic E-state index is -0.224. The standard InChI is InChI=1S/C13H18N2O3/c1-16-11-6-3-5-9(13(11)17-2)12(15-14)10-7-4-8-18-10/h3,5-7,12,15H,4,8,14H2,1-2H3. The number of nitrogens with one attached hydrogen (secondary N) is 1. The van der Waals surface area contributed by atoms with Gasteiger partial charge in [-0.2, -0.15) is 0 Å². The number of hydrogen-bond donors (Lipinski definition) is 2. The van der Waals surface area contributed by atoms with Crippen molar-refractivity contribution in [2.45, 2.75) is 12.5 Å². The summed E-state index contributed by atoms with van der Waals surface area (Å²) < 4.78 is 16.2. The van der Waals surface area contributed by atoms with Crippen LogP contribution in [-0.4, -0.2) is 20.8 Å². The van der Waals surface area contributed by atoms with Gasteiger partial charge in [-0.3, -0.25) is 5.84 Å². The molecule has 2 rings (SSSR count). The van der Waals surface area contributed by atoms with E-state index >= 15 is 0 Å². The van der Waals surface area contributed by atoms with Crippen LogP contribution in [0, 0.1) is 0 Å². The van der Waals surface area contributed by atoms with Crippen molar-refractivity contribution in [1.29, 1.82) is 0 Å². The van der Waals surface area contributed by atoms with Gasteiger partial charge in [-0.1, -0.05) is 12.1 Å². The van der Waals surface area contributed by atoms with Crippen molar-refractivity contribution in [3.63, 3.8) is 0 Å². The van der Waals surface area contributed by atoms with E-state index in [0.29, 0.717) is 18.1 Å². The first-order chi connectivity index (χ1) is 8.81. The van der Waals surface area contributed by atoms with Crippen molar-refractivity contribution < 1.29 is 14.2 Å². The first kappa shape index (κ1) is 12.7. The third-order valence-electron chi connectivity index (χ3n) is 2.93. The number of nitrogens with two attached hydrogens (primary N) is 1. The summed E-state index contributed by atoms with van der Waals surface area (Å²) in [5.74, 6) is 7.80. The second-order valence-corrected chi connectivity index (χ2v) is 3.93. The summed E-state index contributed by atoms with van der Waals surface area (Å²) in [7, 11) is 3.22. The first-order valence-electron chi connectivity index (χ1n) is 5.81. The predicted molar refractivity (Wildman–Crippen MR) is 68.3 cm³/mol. The Hall–Kier alpha value is -1.72. The Morgan fingerprint density at radius 1 is 1.33 bits per heavy atom. The number of hydrogen-bond acceptors (Lipinski definition) is 5. The van der Waals surface area contributed by atoms with E-state index in [1.807, 2.05) is 24.3 Å². The smallest absolute Gasteiger partial charge is 0.165 e. The van der Waals surface area contributed by atoms with Gasteiger partial charge < -0.3 is 14.2 Å². The van der Waals surface area contributed by atoms with E-state index in [9.17, 15) is 0 Å². The lowest BCUT2D eigenvalue weighted by Crippen LogP contribution is -2.30. The highest BCUT2D eigenvalue weighted by atomic mass is 16.5. The van der Waals surface area contributed by atoms with E-state index in [2.05, 4.69) is 5.43 Å². The largest absolute Gasteiger partial charge is 0.496 e. The Balaban J connectivity index is 2.41. The maximum Gasteiger partial charge on any atom is 0.165 e. The molecule has 0 fully saturated rings. The summed E-state index contributed by atoms with van der Waals surface area (Å²) in [6, 6.07) is 5.46. The number of ether oxygens (including phenoxy) is 3. The van der Waals surface area contributed by atoms with Crippen LogP contribution in [0.3, 0.4) is 0 Å². The van der Waals surface area contributed by atoms with Gasteiger partial charge in [0.05, 0.1) is 20.8 Å². The van der Waals surface area contributed by atoms with Crippen LogP contribution in [0.5, 0.6) is 11.5 Å². The number of benzene rings is 1. The third-order valence-corrected chi connectivity index (χ3v) is 2.93. The fourth-order valence-electron chi connectivity index (χ4n) is 2.10. The van der Waals surface area contributed by atoms with Crippen LogP contribution in [-0.2, 0) is 4.74 Å². The van der Waals surface area contributed by atoms with Gasteiger partial charge >= 0.3 is 0 Å². The van der Waals surface area contributed by atoms with Crippen molar-refractivity contribution in [3.8, 4) is 11.5 Å². The summed E-state index contributed by atoms with van der Waals surface area (Å²) >= 11 is 0. The Labute approximate surface area is 106 Å². The molecular weight excluding hydrogens is 232 g/mol. The van der Waals surface area contributed by atoms with Gasteiger partial charge in [-0.05, 0) is 12.1 Å². The number of hydrazine groups is 1. The monoisotopic (exact) mass is 250 g/mol. The molecule has 0 bridgehead atoms. The SMILES string of the molecule is COc1cccc(C(NN)C2=CCCO2)c1OC. The second-order valence-electron chi connectivity index (χ2n) is 3.93. The highest BCUT2D eigenvalue weighted by Gasteiger charge is 2.24. The minimum absolute atomic E-state index is 0.224. The summed E-state index contributed by atoms with van der Waals surface area (Å²) in [4.78, 5) is 0. The normalized spacial score (nSPS) is 15.8. The maximum atomic E-state index is 5.63. The molecule has 0 amide bonds. The molecule has 1 aromatic rings. The summed E-state index contributed by atoms with van der Waals surface area (Å²) in [6.07, 6.45) is 2.93. The zero-order chi connectivity index (χ0) is 13.0. The van der Waals surface area contributed by atoms with Crippen molar-refractivity contribution >= 4 is 0 Å². The predicted octanol–water partition coefficient (Wildman–Crippen LogP) is 1.51. The molecule has 1 heterocycles. The average Bonchev–Trinajstić information content (AvgIpc) is 2.93. The van der Waals surface area contributed by atoms with Crippen molar-refractivity contribution in [1.82, 2.24) is 5.43 Å². The fraction of sp³-hybridized carbons (Fsp3) is 0.385. The number of methoxy groups -OCH3 is 2. The zero-order valence-corrected chi connectivity index (χ0v) is 10.6. The highest BCUT2D eigenvalue weighted by Crippen LogP contribution is 2.37. The molecule has 1 unspecified atom stereocenters. The van der Waals surface area contributed by atoms with Gasteiger partial charge in [0.2, 0.25) is 0 Å². The van der Waals surface area contributed by atoms with Crippen LogP contribution in [0.4, 0.5) is 0 Å². The van der Waals surface area contributed by atoms with Crippen molar-refractivity contribution in [2.24, 2.45) is 5.84 Å². The van der Waals surface area contributed by atoms with Crippen LogP contribution in [0.1, 0.15) is 18.0 Å². The summed E-state index contributed by atoms with van der Waals surface area (Å²) in [5, 5.41) is 0. The maximum absolute atomic E-state index is 5.63. The number of rotatable bonds is 5. The lowest BCUT2D eigenvalue weighted by atomic mass is 10.0. The third kappa shape index (κ3) is 2.27. The van der Waals surface area contributed by atoms with E-state index in [-0.39, 0.29) is 6.04 Å². The molecule has 1 aliphatic heterocycles. The van der Waals surface area contributed by atoms with Gasteiger partial charge in [0.15, 0.2) is 11.5 Å². The molecule has 0 radical (unpaired) electrons. The van der Waals surface area contributed by atoms with Crippen LogP contribution in [0.15, 0.2) is 30.0 Å².